The van der Waals surface area contributed by atoms with E-state index in [0.29, 0.717) is 22.8 Å². The first-order valence-corrected chi connectivity index (χ1v) is 6.66. The van der Waals surface area contributed by atoms with Crippen molar-refractivity contribution < 1.29 is 19.5 Å². The average molecular weight is 299 g/mol. The number of hydrogen-bond donors (Lipinski definition) is 1. The monoisotopic (exact) mass is 299 g/mol. The second kappa shape index (κ2) is 6.76. The van der Waals surface area contributed by atoms with E-state index in [4.69, 9.17) is 14.7 Å². The van der Waals surface area contributed by atoms with Crippen molar-refractivity contribution in [3.05, 3.63) is 53.6 Å². The first-order valence-electron chi connectivity index (χ1n) is 6.66. The van der Waals surface area contributed by atoms with E-state index in [1.54, 1.807) is 50.7 Å². The van der Waals surface area contributed by atoms with E-state index in [1.807, 2.05) is 6.07 Å². The summed E-state index contributed by atoms with van der Waals surface area (Å²) in [5.74, 6) is 1.09. The predicted octanol–water partition coefficient (Wildman–Crippen LogP) is 3.00. The normalized spacial score (nSPS) is 13.0. The Morgan fingerprint density at radius 3 is 2.18 bits per heavy atom. The van der Waals surface area contributed by atoms with Crippen molar-refractivity contribution in [2.24, 2.45) is 5.16 Å². The van der Waals surface area contributed by atoms with E-state index >= 15 is 0 Å². The number of benzene rings is 1. The van der Waals surface area contributed by atoms with Crippen LogP contribution in [0.3, 0.4) is 0 Å². The lowest BCUT2D eigenvalue weighted by molar-refractivity contribution is -0.111. The molecular weight excluding hydrogens is 282 g/mol. The van der Waals surface area contributed by atoms with Crippen LogP contribution in [0.2, 0.25) is 0 Å². The Labute approximate surface area is 128 Å². The van der Waals surface area contributed by atoms with Gasteiger partial charge in [0.15, 0.2) is 17.3 Å². The van der Waals surface area contributed by atoms with Crippen molar-refractivity contribution in [1.29, 1.82) is 0 Å². The van der Waals surface area contributed by atoms with Gasteiger partial charge in [0, 0.05) is 5.57 Å². The molecule has 0 saturated heterocycles. The highest BCUT2D eigenvalue weighted by Crippen LogP contribution is 2.32. The van der Waals surface area contributed by atoms with Crippen LogP contribution < -0.4 is 9.47 Å². The van der Waals surface area contributed by atoms with Gasteiger partial charge in [0.2, 0.25) is 0 Å². The maximum atomic E-state index is 12.1. The maximum absolute atomic E-state index is 12.1. The zero-order chi connectivity index (χ0) is 16.1. The number of hydrogen-bond acceptors (Lipinski definition) is 5. The highest BCUT2D eigenvalue weighted by atomic mass is 16.5. The summed E-state index contributed by atoms with van der Waals surface area (Å²) in [7, 11) is 3.11. The minimum absolute atomic E-state index is 0.0686. The summed E-state index contributed by atoms with van der Waals surface area (Å²) < 4.78 is 10.5. The summed E-state index contributed by atoms with van der Waals surface area (Å²) in [5.41, 5.74) is 2.47. The van der Waals surface area contributed by atoms with Gasteiger partial charge in [-0.1, -0.05) is 23.4 Å². The van der Waals surface area contributed by atoms with Crippen LogP contribution in [-0.2, 0) is 4.79 Å². The molecule has 0 saturated carbocycles. The number of carbonyl (C=O) groups excluding carboxylic acids is 1. The van der Waals surface area contributed by atoms with E-state index < -0.39 is 0 Å². The molecule has 0 unspecified atom stereocenters. The van der Waals surface area contributed by atoms with Gasteiger partial charge in [-0.3, -0.25) is 4.79 Å². The molecule has 0 radical (unpaired) electrons. The Morgan fingerprint density at radius 1 is 1.05 bits per heavy atom. The van der Waals surface area contributed by atoms with Gasteiger partial charge in [0.1, 0.15) is 5.71 Å². The second-order valence-corrected chi connectivity index (χ2v) is 4.65. The number of methoxy groups -OCH3 is 2. The lowest BCUT2D eigenvalue weighted by atomic mass is 9.93. The van der Waals surface area contributed by atoms with Crippen LogP contribution in [0.25, 0.3) is 5.57 Å². The summed E-state index contributed by atoms with van der Waals surface area (Å²) in [5, 5.41) is 11.8. The number of ketones is 1. The number of rotatable bonds is 4. The minimum Gasteiger partial charge on any atom is -0.493 e. The third kappa shape index (κ3) is 3.09. The molecule has 0 spiro atoms. The standard InChI is InChI=1S/C17H17NO4/c1-11(19)17(12-4-7-14(18-20)8-5-12)13-6-9-15(21-2)16(10-13)22-3/h4-10,20H,1-3H3. The Hall–Kier alpha value is -2.82. The molecule has 0 bridgehead atoms. The van der Waals surface area contributed by atoms with E-state index in [1.165, 1.54) is 6.92 Å². The average Bonchev–Trinajstić information content (AvgIpc) is 2.55. The van der Waals surface area contributed by atoms with Crippen molar-refractivity contribution in [2.75, 3.05) is 14.2 Å². The first kappa shape index (κ1) is 15.6. The van der Waals surface area contributed by atoms with Gasteiger partial charge in [-0.15, -0.1) is 0 Å². The predicted molar refractivity (Wildman–Crippen MR) is 84.6 cm³/mol. The number of allylic oxidation sites excluding steroid dienone is 6. The van der Waals surface area contributed by atoms with Crippen LogP contribution in [0, 0.1) is 0 Å². The molecule has 22 heavy (non-hydrogen) atoms. The summed E-state index contributed by atoms with van der Waals surface area (Å²) in [6, 6.07) is 5.33. The Kier molecular flexibility index (Phi) is 4.78. The first-order chi connectivity index (χ1) is 10.6. The van der Waals surface area contributed by atoms with Gasteiger partial charge in [0.05, 0.1) is 14.2 Å². The zero-order valence-corrected chi connectivity index (χ0v) is 12.7. The van der Waals surface area contributed by atoms with Crippen LogP contribution in [-0.4, -0.2) is 30.9 Å². The number of carbonyl (C=O) groups is 1. The molecule has 2 rings (SSSR count). The molecule has 0 amide bonds. The molecule has 114 valence electrons. The molecule has 1 aromatic rings. The van der Waals surface area contributed by atoms with Crippen LogP contribution in [0.15, 0.2) is 53.2 Å². The fourth-order valence-corrected chi connectivity index (χ4v) is 2.26. The second-order valence-electron chi connectivity index (χ2n) is 4.65. The Bertz CT molecular complexity index is 693. The quantitative estimate of drug-likeness (QED) is 0.527. The van der Waals surface area contributed by atoms with Gasteiger partial charge in [-0.05, 0) is 42.3 Å². The third-order valence-corrected chi connectivity index (χ3v) is 3.30. The Balaban J connectivity index is 2.55. The molecule has 1 aromatic carbocycles. The number of ether oxygens (including phenoxy) is 2. The van der Waals surface area contributed by atoms with E-state index in [0.717, 1.165) is 11.1 Å². The summed E-state index contributed by atoms with van der Waals surface area (Å²) >= 11 is 0. The van der Waals surface area contributed by atoms with Gasteiger partial charge in [-0.2, -0.15) is 0 Å². The van der Waals surface area contributed by atoms with E-state index in [2.05, 4.69) is 5.16 Å². The summed E-state index contributed by atoms with van der Waals surface area (Å²) in [6.45, 7) is 1.51. The third-order valence-electron chi connectivity index (χ3n) is 3.30. The molecule has 1 aliphatic rings. The summed E-state index contributed by atoms with van der Waals surface area (Å²) in [6.07, 6.45) is 6.75. The van der Waals surface area contributed by atoms with Gasteiger partial charge >= 0.3 is 0 Å². The lowest BCUT2D eigenvalue weighted by Gasteiger charge is -2.13. The zero-order valence-electron chi connectivity index (χ0n) is 12.7. The lowest BCUT2D eigenvalue weighted by Crippen LogP contribution is -2.03. The smallest absolute Gasteiger partial charge is 0.161 e. The Morgan fingerprint density at radius 2 is 1.68 bits per heavy atom. The fourth-order valence-electron chi connectivity index (χ4n) is 2.26. The topological polar surface area (TPSA) is 68.1 Å². The number of nitrogens with zero attached hydrogens (tertiary/aromatic N) is 1. The van der Waals surface area contributed by atoms with E-state index in [-0.39, 0.29) is 5.78 Å². The van der Waals surface area contributed by atoms with Crippen molar-refractivity contribution in [3.63, 3.8) is 0 Å². The molecule has 0 fully saturated rings. The van der Waals surface area contributed by atoms with Crippen LogP contribution >= 0.6 is 0 Å². The largest absolute Gasteiger partial charge is 0.493 e. The maximum Gasteiger partial charge on any atom is 0.161 e. The highest BCUT2D eigenvalue weighted by molar-refractivity contribution is 6.22. The van der Waals surface area contributed by atoms with Crippen molar-refractivity contribution >= 4 is 17.1 Å². The summed E-state index contributed by atoms with van der Waals surface area (Å²) in [4.78, 5) is 12.1. The molecule has 5 nitrogen and oxygen atoms in total. The molecule has 0 aromatic heterocycles. The van der Waals surface area contributed by atoms with Gasteiger partial charge in [0.25, 0.3) is 0 Å². The van der Waals surface area contributed by atoms with Gasteiger partial charge in [-0.25, -0.2) is 0 Å². The minimum atomic E-state index is -0.0686. The van der Waals surface area contributed by atoms with Crippen LogP contribution in [0.1, 0.15) is 12.5 Å². The number of Topliss-reactive ketones (excluding diaryl/α,β-unsaturated/α-hetero) is 1. The molecule has 5 heteroatoms. The van der Waals surface area contributed by atoms with Crippen LogP contribution in [0.4, 0.5) is 0 Å². The molecular formula is C17H17NO4. The molecule has 0 atom stereocenters. The molecule has 0 heterocycles. The molecule has 1 N–H and O–H groups in total. The fraction of sp³-hybridized carbons (Fsp3) is 0.176. The van der Waals surface area contributed by atoms with Gasteiger partial charge < -0.3 is 14.7 Å². The van der Waals surface area contributed by atoms with Crippen molar-refractivity contribution in [1.82, 2.24) is 0 Å². The highest BCUT2D eigenvalue weighted by Gasteiger charge is 2.15. The van der Waals surface area contributed by atoms with Crippen LogP contribution in [0.5, 0.6) is 11.5 Å². The molecule has 0 aliphatic heterocycles. The van der Waals surface area contributed by atoms with E-state index in [9.17, 15) is 4.79 Å². The molecule has 1 aliphatic carbocycles. The number of oxime groups is 1. The van der Waals surface area contributed by atoms with Crippen molar-refractivity contribution in [2.45, 2.75) is 6.92 Å². The SMILES string of the molecule is COc1ccc(C(C(C)=O)=C2C=CC(=NO)C=C2)cc1OC. The van der Waals surface area contributed by atoms with Crippen molar-refractivity contribution in [3.8, 4) is 11.5 Å².